The Balaban J connectivity index is 1.41. The smallest absolute Gasteiger partial charge is 0.0741 e. The third kappa shape index (κ3) is 2.50. The third-order valence-corrected chi connectivity index (χ3v) is 6.77. The lowest BCUT2D eigenvalue weighted by molar-refractivity contribution is 0.686. The first kappa shape index (κ1) is 16.3. The molecular weight excluding hydrogens is 344 g/mol. The Morgan fingerprint density at radius 1 is 0.571 bits per heavy atom. The number of hydrogen-bond acceptors (Lipinski definition) is 4. The Kier molecular flexibility index (Phi) is 3.78. The summed E-state index contributed by atoms with van der Waals surface area (Å²) in [6.07, 6.45) is 6.89. The zero-order valence-electron chi connectivity index (χ0n) is 16.3. The van der Waals surface area contributed by atoms with Crippen molar-refractivity contribution in [3.63, 3.8) is 0 Å². The van der Waals surface area contributed by atoms with Crippen LogP contribution < -0.4 is 9.80 Å². The van der Waals surface area contributed by atoms with E-state index in [4.69, 9.17) is 10.2 Å². The molecule has 2 aromatic carbocycles. The summed E-state index contributed by atoms with van der Waals surface area (Å²) < 4.78 is 0. The molecule has 0 bridgehead atoms. The highest BCUT2D eigenvalue weighted by Crippen LogP contribution is 2.37. The van der Waals surface area contributed by atoms with Crippen LogP contribution in [0.15, 0.2) is 46.6 Å². The summed E-state index contributed by atoms with van der Waals surface area (Å²) >= 11 is 0. The average Bonchev–Trinajstić information content (AvgIpc) is 2.75. The van der Waals surface area contributed by atoms with Gasteiger partial charge in [-0.3, -0.25) is 0 Å². The van der Waals surface area contributed by atoms with Gasteiger partial charge in [0.1, 0.15) is 0 Å². The SMILES string of the molecule is c1cc2c3c(c1)/C(=N\N=C1/CCN4CCCc5cccc1c54)CCN3CCC2. The van der Waals surface area contributed by atoms with E-state index in [1.54, 1.807) is 0 Å². The van der Waals surface area contributed by atoms with Crippen LogP contribution in [0.3, 0.4) is 0 Å². The van der Waals surface area contributed by atoms with Crippen molar-refractivity contribution in [2.24, 2.45) is 10.2 Å². The summed E-state index contributed by atoms with van der Waals surface area (Å²) in [6, 6.07) is 13.4. The lowest BCUT2D eigenvalue weighted by atomic mass is 9.91. The molecular formula is C24H26N4. The number of para-hydroxylation sites is 2. The minimum Gasteiger partial charge on any atom is -0.370 e. The van der Waals surface area contributed by atoms with Crippen molar-refractivity contribution >= 4 is 22.8 Å². The van der Waals surface area contributed by atoms with Crippen molar-refractivity contribution < 1.29 is 0 Å². The molecule has 6 rings (SSSR count). The lowest BCUT2D eigenvalue weighted by Gasteiger charge is -2.37. The zero-order valence-corrected chi connectivity index (χ0v) is 16.3. The van der Waals surface area contributed by atoms with E-state index < -0.39 is 0 Å². The molecule has 4 heterocycles. The molecule has 0 amide bonds. The van der Waals surface area contributed by atoms with Gasteiger partial charge in [0.15, 0.2) is 0 Å². The van der Waals surface area contributed by atoms with Gasteiger partial charge in [-0.15, -0.1) is 0 Å². The molecule has 4 heteroatoms. The number of hydrogen-bond donors (Lipinski definition) is 0. The molecule has 0 aliphatic carbocycles. The van der Waals surface area contributed by atoms with Crippen molar-refractivity contribution in [2.45, 2.75) is 38.5 Å². The van der Waals surface area contributed by atoms with Gasteiger partial charge < -0.3 is 9.80 Å². The van der Waals surface area contributed by atoms with Gasteiger partial charge in [-0.2, -0.15) is 10.2 Å². The molecule has 0 spiro atoms. The Morgan fingerprint density at radius 3 is 1.57 bits per heavy atom. The van der Waals surface area contributed by atoms with Crippen LogP contribution in [0.1, 0.15) is 47.9 Å². The fourth-order valence-corrected chi connectivity index (χ4v) is 5.47. The van der Waals surface area contributed by atoms with Crippen molar-refractivity contribution in [2.75, 3.05) is 36.0 Å². The van der Waals surface area contributed by atoms with E-state index in [0.29, 0.717) is 0 Å². The van der Waals surface area contributed by atoms with Gasteiger partial charge in [0, 0.05) is 61.5 Å². The summed E-state index contributed by atoms with van der Waals surface area (Å²) in [7, 11) is 0. The minimum absolute atomic E-state index is 0.992. The molecule has 0 unspecified atom stereocenters. The van der Waals surface area contributed by atoms with Crippen LogP contribution >= 0.6 is 0 Å². The number of anilines is 2. The minimum atomic E-state index is 0.992. The first-order valence-electron chi connectivity index (χ1n) is 10.8. The summed E-state index contributed by atoms with van der Waals surface area (Å²) in [4.78, 5) is 5.10. The molecule has 0 atom stereocenters. The topological polar surface area (TPSA) is 31.2 Å². The number of benzene rings is 2. The maximum atomic E-state index is 4.84. The molecule has 0 radical (unpaired) electrons. The predicted molar refractivity (Wildman–Crippen MR) is 116 cm³/mol. The molecule has 0 saturated carbocycles. The highest BCUT2D eigenvalue weighted by molar-refractivity contribution is 6.10. The van der Waals surface area contributed by atoms with Gasteiger partial charge in [0.05, 0.1) is 11.4 Å². The van der Waals surface area contributed by atoms with Crippen molar-refractivity contribution in [1.29, 1.82) is 0 Å². The standard InChI is InChI=1S/C24H26N4/c1-5-17-7-3-13-27-15-11-21(19(9-1)23(17)27)25-26-22-12-16-28-14-4-8-18-6-2-10-20(22)24(18)28/h1-2,5-6,9-10H,3-4,7-8,11-16H2/b25-21-,26-22+. The molecule has 4 aliphatic heterocycles. The third-order valence-electron chi connectivity index (χ3n) is 6.77. The van der Waals surface area contributed by atoms with Crippen molar-refractivity contribution in [3.8, 4) is 0 Å². The monoisotopic (exact) mass is 370 g/mol. The zero-order chi connectivity index (χ0) is 18.5. The maximum absolute atomic E-state index is 4.84. The lowest BCUT2D eigenvalue weighted by Crippen LogP contribution is -2.37. The molecule has 4 aliphatic rings. The first-order valence-corrected chi connectivity index (χ1v) is 10.8. The fraction of sp³-hybridized carbons (Fsp3) is 0.417. The van der Waals surface area contributed by atoms with Crippen molar-refractivity contribution in [1.82, 2.24) is 0 Å². The van der Waals surface area contributed by atoms with E-state index in [-0.39, 0.29) is 0 Å². The van der Waals surface area contributed by atoms with E-state index in [2.05, 4.69) is 46.2 Å². The highest BCUT2D eigenvalue weighted by atomic mass is 15.2. The second kappa shape index (κ2) is 6.47. The molecule has 4 nitrogen and oxygen atoms in total. The van der Waals surface area contributed by atoms with E-state index in [9.17, 15) is 0 Å². The normalized spacial score (nSPS) is 23.0. The Bertz CT molecular complexity index is 922. The molecule has 0 fully saturated rings. The van der Waals surface area contributed by atoms with Crippen LogP contribution in [0.4, 0.5) is 11.4 Å². The van der Waals surface area contributed by atoms with E-state index >= 15 is 0 Å². The van der Waals surface area contributed by atoms with E-state index in [1.807, 2.05) is 0 Å². The summed E-state index contributed by atoms with van der Waals surface area (Å²) in [5, 5.41) is 9.68. The Morgan fingerprint density at radius 2 is 1.07 bits per heavy atom. The first-order chi connectivity index (χ1) is 13.9. The van der Waals surface area contributed by atoms with Gasteiger partial charge in [0.25, 0.3) is 0 Å². The van der Waals surface area contributed by atoms with Gasteiger partial charge in [-0.25, -0.2) is 0 Å². The van der Waals surface area contributed by atoms with Gasteiger partial charge in [-0.05, 0) is 36.8 Å². The quantitative estimate of drug-likeness (QED) is 0.705. The predicted octanol–water partition coefficient (Wildman–Crippen LogP) is 4.19. The van der Waals surface area contributed by atoms with Gasteiger partial charge in [0.2, 0.25) is 0 Å². The van der Waals surface area contributed by atoms with Crippen LogP contribution in [-0.2, 0) is 12.8 Å². The average molecular weight is 371 g/mol. The number of rotatable bonds is 1. The summed E-state index contributed by atoms with van der Waals surface area (Å²) in [5.74, 6) is 0. The second-order valence-corrected chi connectivity index (χ2v) is 8.40. The van der Waals surface area contributed by atoms with E-state index in [1.165, 1.54) is 72.4 Å². The Labute approximate surface area is 166 Å². The summed E-state index contributed by atoms with van der Waals surface area (Å²) in [6.45, 7) is 4.50. The van der Waals surface area contributed by atoms with Gasteiger partial charge in [-0.1, -0.05) is 36.4 Å². The Hall–Kier alpha value is -2.62. The molecule has 0 saturated heterocycles. The largest absolute Gasteiger partial charge is 0.370 e. The number of nitrogens with zero attached hydrogens (tertiary/aromatic N) is 4. The van der Waals surface area contributed by atoms with Crippen LogP contribution in [0.25, 0.3) is 0 Å². The van der Waals surface area contributed by atoms with Gasteiger partial charge >= 0.3 is 0 Å². The summed E-state index contributed by atoms with van der Waals surface area (Å²) in [5.41, 5.74) is 10.7. The molecule has 2 aromatic rings. The molecule has 0 aromatic heterocycles. The van der Waals surface area contributed by atoms with Crippen LogP contribution in [-0.4, -0.2) is 37.6 Å². The maximum Gasteiger partial charge on any atom is 0.0741 e. The molecule has 28 heavy (non-hydrogen) atoms. The molecule has 142 valence electrons. The van der Waals surface area contributed by atoms with Crippen LogP contribution in [0.5, 0.6) is 0 Å². The van der Waals surface area contributed by atoms with Crippen LogP contribution in [0.2, 0.25) is 0 Å². The van der Waals surface area contributed by atoms with E-state index in [0.717, 1.165) is 37.4 Å². The molecule has 0 N–H and O–H groups in total. The second-order valence-electron chi connectivity index (χ2n) is 8.40. The number of aryl methyl sites for hydroxylation is 2. The fourth-order valence-electron chi connectivity index (χ4n) is 5.47. The van der Waals surface area contributed by atoms with Crippen molar-refractivity contribution in [3.05, 3.63) is 58.7 Å². The highest BCUT2D eigenvalue weighted by Gasteiger charge is 2.28. The van der Waals surface area contributed by atoms with Crippen LogP contribution in [0, 0.1) is 0 Å².